The summed E-state index contributed by atoms with van der Waals surface area (Å²) in [6, 6.07) is 3.48. The minimum Gasteiger partial charge on any atom is -0.293 e. The Morgan fingerprint density at radius 1 is 1.32 bits per heavy atom. The molecule has 0 spiro atoms. The fraction of sp³-hybridized carbons (Fsp3) is 0.500. The van der Waals surface area contributed by atoms with Crippen LogP contribution in [0.25, 0.3) is 0 Å². The quantitative estimate of drug-likeness (QED) is 0.453. The van der Waals surface area contributed by atoms with E-state index in [0.717, 1.165) is 6.07 Å². The maximum absolute atomic E-state index is 13.4. The summed E-state index contributed by atoms with van der Waals surface area (Å²) in [6.45, 7) is -0.344. The van der Waals surface area contributed by atoms with E-state index in [1.54, 1.807) is 0 Å². The highest BCUT2D eigenvalue weighted by Crippen LogP contribution is 2.36. The Morgan fingerprint density at radius 2 is 2.05 bits per heavy atom. The van der Waals surface area contributed by atoms with Crippen LogP contribution < -0.4 is 0 Å². The van der Waals surface area contributed by atoms with E-state index in [9.17, 15) is 22.0 Å². The lowest BCUT2D eigenvalue weighted by Gasteiger charge is -2.32. The second-order valence-corrected chi connectivity index (χ2v) is 5.40. The van der Waals surface area contributed by atoms with Crippen LogP contribution in [0.1, 0.15) is 24.0 Å². The minimum atomic E-state index is -4.58. The largest absolute Gasteiger partial charge is 0.416 e. The molecule has 8 heteroatoms. The lowest BCUT2D eigenvalue weighted by atomic mass is 10.0. The molecule has 0 aliphatic carbocycles. The standard InChI is InChI=1S/C14H13F5N2S/c15-13(16)4-1-5-21(8-13)7-10-2-3-11(20-9-22)6-12(10)14(17,18)19/h2-3,6H,1,4-5,7-8H2. The summed E-state index contributed by atoms with van der Waals surface area (Å²) in [5, 5.41) is 2.01. The van der Waals surface area contributed by atoms with Crippen molar-refractivity contribution in [1.82, 2.24) is 4.90 Å². The van der Waals surface area contributed by atoms with Gasteiger partial charge in [0.25, 0.3) is 5.92 Å². The van der Waals surface area contributed by atoms with Crippen molar-refractivity contribution in [2.75, 3.05) is 13.1 Å². The number of aliphatic imine (C=N–C) groups is 1. The first-order valence-corrected chi connectivity index (χ1v) is 7.00. The van der Waals surface area contributed by atoms with Gasteiger partial charge in [-0.25, -0.2) is 8.78 Å². The second kappa shape index (κ2) is 6.40. The van der Waals surface area contributed by atoms with E-state index >= 15 is 0 Å². The van der Waals surface area contributed by atoms with E-state index in [1.165, 1.54) is 17.0 Å². The molecule has 0 saturated carbocycles. The summed E-state index contributed by atoms with van der Waals surface area (Å²) < 4.78 is 66.1. The molecule has 1 aliphatic heterocycles. The molecule has 0 amide bonds. The highest BCUT2D eigenvalue weighted by molar-refractivity contribution is 7.78. The number of thiocarbonyl (C=S) groups is 1. The minimum absolute atomic E-state index is 0.0371. The average Bonchev–Trinajstić information content (AvgIpc) is 2.38. The number of isothiocyanates is 1. The van der Waals surface area contributed by atoms with Crippen molar-refractivity contribution >= 4 is 23.1 Å². The Hall–Kier alpha value is -1.37. The topological polar surface area (TPSA) is 15.6 Å². The molecule has 0 bridgehead atoms. The molecule has 1 aromatic rings. The van der Waals surface area contributed by atoms with Crippen LogP contribution in [0.3, 0.4) is 0 Å². The number of hydrogen-bond acceptors (Lipinski definition) is 3. The number of benzene rings is 1. The third-order valence-corrected chi connectivity index (χ3v) is 3.53. The Morgan fingerprint density at radius 3 is 2.64 bits per heavy atom. The second-order valence-electron chi connectivity index (χ2n) is 5.21. The summed E-state index contributed by atoms with van der Waals surface area (Å²) >= 11 is 4.37. The van der Waals surface area contributed by atoms with Crippen LogP contribution in [0, 0.1) is 0 Å². The van der Waals surface area contributed by atoms with Crippen molar-refractivity contribution in [3.05, 3.63) is 29.3 Å². The molecule has 2 rings (SSSR count). The normalized spacial score (nSPS) is 18.8. The molecule has 1 aliphatic rings. The zero-order chi connectivity index (χ0) is 16.4. The summed E-state index contributed by atoms with van der Waals surface area (Å²) in [6.07, 6.45) is -4.54. The molecular formula is C14H13F5N2S. The van der Waals surface area contributed by atoms with E-state index in [4.69, 9.17) is 0 Å². The summed E-state index contributed by atoms with van der Waals surface area (Å²) in [7, 11) is 0. The van der Waals surface area contributed by atoms with Gasteiger partial charge in [0.2, 0.25) is 0 Å². The van der Waals surface area contributed by atoms with Crippen molar-refractivity contribution in [2.45, 2.75) is 31.5 Å². The number of hydrogen-bond donors (Lipinski definition) is 0. The van der Waals surface area contributed by atoms with Gasteiger partial charge in [-0.1, -0.05) is 6.07 Å². The smallest absolute Gasteiger partial charge is 0.293 e. The van der Waals surface area contributed by atoms with E-state index in [0.29, 0.717) is 6.54 Å². The number of rotatable bonds is 3. The molecule has 0 radical (unpaired) electrons. The number of piperidine rings is 1. The Labute approximate surface area is 129 Å². The van der Waals surface area contributed by atoms with Gasteiger partial charge in [-0.05, 0) is 42.9 Å². The monoisotopic (exact) mass is 336 g/mol. The number of nitrogens with zero attached hydrogens (tertiary/aromatic N) is 2. The lowest BCUT2D eigenvalue weighted by molar-refractivity contribution is -0.138. The zero-order valence-electron chi connectivity index (χ0n) is 11.5. The predicted octanol–water partition coefficient (Wildman–Crippen LogP) is 4.67. The molecule has 2 nitrogen and oxygen atoms in total. The molecule has 1 heterocycles. The van der Waals surface area contributed by atoms with Gasteiger partial charge in [0, 0.05) is 13.0 Å². The van der Waals surface area contributed by atoms with Crippen LogP contribution in [0.4, 0.5) is 27.6 Å². The molecule has 1 aromatic carbocycles. The van der Waals surface area contributed by atoms with Crippen LogP contribution in [-0.4, -0.2) is 29.1 Å². The molecule has 0 atom stereocenters. The zero-order valence-corrected chi connectivity index (χ0v) is 12.3. The SMILES string of the molecule is FC1(F)CCCN(Cc2ccc(N=C=S)cc2C(F)(F)F)C1. The van der Waals surface area contributed by atoms with Crippen molar-refractivity contribution in [3.8, 4) is 0 Å². The molecule has 1 fully saturated rings. The highest BCUT2D eigenvalue weighted by atomic mass is 32.1. The predicted molar refractivity (Wildman–Crippen MR) is 75.6 cm³/mol. The highest BCUT2D eigenvalue weighted by Gasteiger charge is 2.37. The van der Waals surface area contributed by atoms with Crippen molar-refractivity contribution in [1.29, 1.82) is 0 Å². The van der Waals surface area contributed by atoms with E-state index in [1.807, 2.05) is 5.16 Å². The Bertz CT molecular complexity index is 593. The van der Waals surface area contributed by atoms with Gasteiger partial charge in [0.1, 0.15) is 0 Å². The van der Waals surface area contributed by atoms with Crippen LogP contribution in [0.5, 0.6) is 0 Å². The van der Waals surface area contributed by atoms with Crippen LogP contribution in [0.15, 0.2) is 23.2 Å². The first kappa shape index (κ1) is 17.0. The van der Waals surface area contributed by atoms with Gasteiger partial charge in [-0.15, -0.1) is 0 Å². The maximum atomic E-state index is 13.4. The third-order valence-electron chi connectivity index (χ3n) is 3.44. The van der Waals surface area contributed by atoms with Crippen LogP contribution in [0.2, 0.25) is 0 Å². The summed E-state index contributed by atoms with van der Waals surface area (Å²) in [5.41, 5.74) is -0.892. The van der Waals surface area contributed by atoms with Crippen LogP contribution in [-0.2, 0) is 12.7 Å². The number of halogens is 5. The molecule has 0 unspecified atom stereocenters. The van der Waals surface area contributed by atoms with Crippen molar-refractivity contribution < 1.29 is 22.0 Å². The van der Waals surface area contributed by atoms with Gasteiger partial charge in [0.15, 0.2) is 0 Å². The van der Waals surface area contributed by atoms with Gasteiger partial charge < -0.3 is 0 Å². The molecule has 120 valence electrons. The maximum Gasteiger partial charge on any atom is 0.416 e. The fourth-order valence-electron chi connectivity index (χ4n) is 2.51. The number of alkyl halides is 5. The Kier molecular flexibility index (Phi) is 4.94. The first-order valence-electron chi connectivity index (χ1n) is 6.59. The lowest BCUT2D eigenvalue weighted by Crippen LogP contribution is -2.42. The van der Waals surface area contributed by atoms with Crippen molar-refractivity contribution in [3.63, 3.8) is 0 Å². The van der Waals surface area contributed by atoms with Crippen LogP contribution >= 0.6 is 12.2 Å². The number of likely N-dealkylation sites (tertiary alicyclic amines) is 1. The van der Waals surface area contributed by atoms with Gasteiger partial charge >= 0.3 is 6.18 Å². The molecule has 0 aromatic heterocycles. The first-order chi connectivity index (χ1) is 10.2. The summed E-state index contributed by atoms with van der Waals surface area (Å²) in [4.78, 5) is 4.87. The Balaban J connectivity index is 2.28. The molecule has 0 N–H and O–H groups in total. The molecular weight excluding hydrogens is 323 g/mol. The fourth-order valence-corrected chi connectivity index (χ4v) is 2.62. The van der Waals surface area contributed by atoms with Gasteiger partial charge in [-0.2, -0.15) is 18.2 Å². The molecule has 1 saturated heterocycles. The van der Waals surface area contributed by atoms with E-state index in [-0.39, 0.29) is 30.6 Å². The molecule has 22 heavy (non-hydrogen) atoms. The summed E-state index contributed by atoms with van der Waals surface area (Å²) in [5.74, 6) is -2.85. The average molecular weight is 336 g/mol. The van der Waals surface area contributed by atoms with Crippen molar-refractivity contribution in [2.24, 2.45) is 4.99 Å². The van der Waals surface area contributed by atoms with Gasteiger partial charge in [-0.3, -0.25) is 4.90 Å². The van der Waals surface area contributed by atoms with Gasteiger partial charge in [0.05, 0.1) is 23.0 Å². The van der Waals surface area contributed by atoms with E-state index < -0.39 is 24.2 Å². The van der Waals surface area contributed by atoms with E-state index in [2.05, 4.69) is 17.2 Å². The third kappa shape index (κ3) is 4.32.